The maximum absolute atomic E-state index is 12.1. The number of hydrogen-bond acceptors (Lipinski definition) is 3. The second-order valence-electron chi connectivity index (χ2n) is 5.40. The van der Waals surface area contributed by atoms with Crippen LogP contribution in [0.4, 0.5) is 0 Å². The lowest BCUT2D eigenvalue weighted by molar-refractivity contribution is -0.130. The van der Waals surface area contributed by atoms with Crippen molar-refractivity contribution in [2.24, 2.45) is 11.3 Å². The molecule has 0 aliphatic rings. The Morgan fingerprint density at radius 3 is 2.00 bits per heavy atom. The molecule has 1 atom stereocenters. The van der Waals surface area contributed by atoms with E-state index in [1.165, 1.54) is 0 Å². The van der Waals surface area contributed by atoms with Crippen LogP contribution in [0.1, 0.15) is 33.3 Å². The summed E-state index contributed by atoms with van der Waals surface area (Å²) in [5.41, 5.74) is 2.00. The van der Waals surface area contributed by atoms with Gasteiger partial charge in [0, 0.05) is 0 Å². The van der Waals surface area contributed by atoms with Gasteiger partial charge in [-0.1, -0.05) is 32.9 Å². The highest BCUT2D eigenvalue weighted by atomic mass is 16.3. The minimum atomic E-state index is -0.755. The zero-order valence-electron chi connectivity index (χ0n) is 10.7. The molecule has 0 saturated carbocycles. The first kappa shape index (κ1) is 13.5. The minimum absolute atomic E-state index is 0.179. The summed E-state index contributed by atoms with van der Waals surface area (Å²) in [6.45, 7) is 7.79. The van der Waals surface area contributed by atoms with Gasteiger partial charge in [-0.3, -0.25) is 10.2 Å². The van der Waals surface area contributed by atoms with Gasteiger partial charge in [-0.2, -0.15) is 0 Å². The third-order valence-electron chi connectivity index (χ3n) is 3.53. The molecule has 0 heterocycles. The van der Waals surface area contributed by atoms with Gasteiger partial charge >= 0.3 is 0 Å². The molecule has 17 heavy (non-hydrogen) atoms. The number of hydrazine groups is 1. The van der Waals surface area contributed by atoms with E-state index >= 15 is 0 Å². The van der Waals surface area contributed by atoms with Crippen LogP contribution < -0.4 is 11.3 Å². The first-order valence-electron chi connectivity index (χ1n) is 5.54. The van der Waals surface area contributed by atoms with Gasteiger partial charge in [0.25, 0.3) is 0 Å². The van der Waals surface area contributed by atoms with Crippen molar-refractivity contribution in [1.29, 1.82) is 0 Å². The molecule has 4 nitrogen and oxygen atoms in total. The van der Waals surface area contributed by atoms with Crippen molar-refractivity contribution in [3.05, 3.63) is 29.8 Å². The summed E-state index contributed by atoms with van der Waals surface area (Å²) in [4.78, 5) is 12.1. The van der Waals surface area contributed by atoms with Gasteiger partial charge in [0.2, 0.25) is 5.91 Å². The SMILES string of the molecule is CC(C)(C)C(C)(C(=O)NN)c1ccc(O)cc1. The molecule has 1 unspecified atom stereocenters. The van der Waals surface area contributed by atoms with Gasteiger partial charge in [0.05, 0.1) is 5.41 Å². The summed E-state index contributed by atoms with van der Waals surface area (Å²) in [7, 11) is 0. The molecule has 1 rings (SSSR count). The molecule has 0 fully saturated rings. The first-order valence-corrected chi connectivity index (χ1v) is 5.54. The number of amides is 1. The van der Waals surface area contributed by atoms with Gasteiger partial charge < -0.3 is 5.11 Å². The Morgan fingerprint density at radius 2 is 1.65 bits per heavy atom. The van der Waals surface area contributed by atoms with E-state index in [2.05, 4.69) is 5.43 Å². The second-order valence-corrected chi connectivity index (χ2v) is 5.40. The number of carbonyl (C=O) groups is 1. The number of rotatable bonds is 2. The Morgan fingerprint density at radius 1 is 1.18 bits per heavy atom. The van der Waals surface area contributed by atoms with Crippen LogP contribution >= 0.6 is 0 Å². The normalized spacial score (nSPS) is 15.1. The van der Waals surface area contributed by atoms with Crippen LogP contribution in [0.15, 0.2) is 24.3 Å². The Bertz CT molecular complexity index is 406. The minimum Gasteiger partial charge on any atom is -0.508 e. The number of nitrogens with one attached hydrogen (secondary N) is 1. The largest absolute Gasteiger partial charge is 0.508 e. The van der Waals surface area contributed by atoms with Gasteiger partial charge in [-0.15, -0.1) is 0 Å². The number of benzene rings is 1. The quantitative estimate of drug-likeness (QED) is 0.415. The molecule has 0 saturated heterocycles. The molecule has 4 heteroatoms. The van der Waals surface area contributed by atoms with Crippen molar-refractivity contribution in [2.45, 2.75) is 33.1 Å². The highest BCUT2D eigenvalue weighted by Crippen LogP contribution is 2.41. The summed E-state index contributed by atoms with van der Waals surface area (Å²) in [5, 5.41) is 9.30. The first-order chi connectivity index (χ1) is 7.73. The van der Waals surface area contributed by atoms with Crippen LogP contribution in [-0.4, -0.2) is 11.0 Å². The number of carbonyl (C=O) groups excluding carboxylic acids is 1. The highest BCUT2D eigenvalue weighted by molar-refractivity contribution is 5.88. The van der Waals surface area contributed by atoms with Gasteiger partial charge in [-0.05, 0) is 30.0 Å². The van der Waals surface area contributed by atoms with Crippen molar-refractivity contribution >= 4 is 5.91 Å². The predicted molar refractivity (Wildman–Crippen MR) is 67.2 cm³/mol. The highest BCUT2D eigenvalue weighted by Gasteiger charge is 2.45. The zero-order valence-corrected chi connectivity index (χ0v) is 10.7. The fourth-order valence-electron chi connectivity index (χ4n) is 1.84. The van der Waals surface area contributed by atoms with Crippen LogP contribution in [0.5, 0.6) is 5.75 Å². The fraction of sp³-hybridized carbons (Fsp3) is 0.462. The molecule has 94 valence electrons. The summed E-state index contributed by atoms with van der Waals surface area (Å²) in [6, 6.07) is 6.64. The van der Waals surface area contributed by atoms with Crippen LogP contribution in [0.3, 0.4) is 0 Å². The third kappa shape index (κ3) is 2.26. The van der Waals surface area contributed by atoms with Gasteiger partial charge in [0.1, 0.15) is 5.75 Å². The van der Waals surface area contributed by atoms with E-state index in [0.717, 1.165) is 5.56 Å². The van der Waals surface area contributed by atoms with E-state index in [4.69, 9.17) is 5.84 Å². The lowest BCUT2D eigenvalue weighted by Gasteiger charge is -2.40. The van der Waals surface area contributed by atoms with Gasteiger partial charge in [-0.25, -0.2) is 5.84 Å². The van der Waals surface area contributed by atoms with Crippen molar-refractivity contribution in [2.75, 3.05) is 0 Å². The number of phenolic OH excluding ortho intramolecular Hbond substituents is 1. The van der Waals surface area contributed by atoms with E-state index in [1.807, 2.05) is 27.7 Å². The summed E-state index contributed by atoms with van der Waals surface area (Å²) < 4.78 is 0. The molecular weight excluding hydrogens is 216 g/mol. The van der Waals surface area contributed by atoms with Gasteiger partial charge in [0.15, 0.2) is 0 Å². The molecule has 0 radical (unpaired) electrons. The molecule has 0 aromatic heterocycles. The molecule has 1 amide bonds. The number of aromatic hydroxyl groups is 1. The number of hydrogen-bond donors (Lipinski definition) is 3. The summed E-state index contributed by atoms with van der Waals surface area (Å²) in [5.74, 6) is 5.21. The number of phenols is 1. The second kappa shape index (κ2) is 4.37. The van der Waals surface area contributed by atoms with Crippen LogP contribution in [0, 0.1) is 5.41 Å². The fourth-order valence-corrected chi connectivity index (χ4v) is 1.84. The average molecular weight is 236 g/mol. The van der Waals surface area contributed by atoms with E-state index in [-0.39, 0.29) is 17.1 Å². The topological polar surface area (TPSA) is 75.4 Å². The molecule has 0 aliphatic carbocycles. The van der Waals surface area contributed by atoms with E-state index in [0.29, 0.717) is 0 Å². The Balaban J connectivity index is 3.34. The van der Waals surface area contributed by atoms with Crippen molar-refractivity contribution in [1.82, 2.24) is 5.43 Å². The Kier molecular flexibility index (Phi) is 3.48. The molecule has 1 aromatic carbocycles. The predicted octanol–water partition coefficient (Wildman–Crippen LogP) is 1.69. The summed E-state index contributed by atoms with van der Waals surface area (Å²) in [6.07, 6.45) is 0. The maximum Gasteiger partial charge on any atom is 0.244 e. The lowest BCUT2D eigenvalue weighted by atomic mass is 9.63. The smallest absolute Gasteiger partial charge is 0.244 e. The molecule has 0 aliphatic heterocycles. The molecule has 4 N–H and O–H groups in total. The number of nitrogens with two attached hydrogens (primary N) is 1. The third-order valence-corrected chi connectivity index (χ3v) is 3.53. The molecule has 0 spiro atoms. The Labute approximate surface area is 102 Å². The van der Waals surface area contributed by atoms with E-state index in [9.17, 15) is 9.90 Å². The van der Waals surface area contributed by atoms with E-state index in [1.54, 1.807) is 24.3 Å². The monoisotopic (exact) mass is 236 g/mol. The Hall–Kier alpha value is -1.55. The zero-order chi connectivity index (χ0) is 13.3. The standard InChI is InChI=1S/C13H20N2O2/c1-12(2,3)13(4,11(17)15-14)9-5-7-10(16)8-6-9/h5-8,16H,14H2,1-4H3,(H,15,17). The summed E-state index contributed by atoms with van der Waals surface area (Å²) >= 11 is 0. The van der Waals surface area contributed by atoms with Crippen molar-refractivity contribution in [3.63, 3.8) is 0 Å². The maximum atomic E-state index is 12.1. The van der Waals surface area contributed by atoms with Crippen LogP contribution in [-0.2, 0) is 10.2 Å². The lowest BCUT2D eigenvalue weighted by Crippen LogP contribution is -2.52. The van der Waals surface area contributed by atoms with Crippen LogP contribution in [0.25, 0.3) is 0 Å². The van der Waals surface area contributed by atoms with Crippen molar-refractivity contribution in [3.8, 4) is 5.75 Å². The molecular formula is C13H20N2O2. The van der Waals surface area contributed by atoms with Crippen molar-refractivity contribution < 1.29 is 9.90 Å². The van der Waals surface area contributed by atoms with E-state index < -0.39 is 5.41 Å². The molecule has 0 bridgehead atoms. The average Bonchev–Trinajstić information content (AvgIpc) is 2.26. The molecule has 1 aromatic rings. The van der Waals surface area contributed by atoms with Crippen LogP contribution in [0.2, 0.25) is 0 Å².